The second-order valence-corrected chi connectivity index (χ2v) is 3.98. The zero-order valence-electron chi connectivity index (χ0n) is 18.4. The van der Waals surface area contributed by atoms with Gasteiger partial charge in [-0.05, 0) is 41.1 Å². The molecule has 0 aliphatic carbocycles. The van der Waals surface area contributed by atoms with Crippen LogP contribution in [-0.2, 0) is 0 Å². The molecule has 0 radical (unpaired) electrons. The van der Waals surface area contributed by atoms with E-state index in [4.69, 9.17) is 26.7 Å². The first kappa shape index (κ1) is 3.90. The van der Waals surface area contributed by atoms with Crippen LogP contribution in [0, 0.1) is 0 Å². The summed E-state index contributed by atoms with van der Waals surface area (Å²) in [4.78, 5) is -0.121. The van der Waals surface area contributed by atoms with Crippen molar-refractivity contribution in [1.82, 2.24) is 4.90 Å². The van der Waals surface area contributed by atoms with Gasteiger partial charge in [0.15, 0.2) is 0 Å². The van der Waals surface area contributed by atoms with E-state index >= 15 is 0 Å². The van der Waals surface area contributed by atoms with E-state index in [2.05, 4.69) is 15.9 Å². The molecule has 1 fully saturated rings. The van der Waals surface area contributed by atoms with Crippen molar-refractivity contribution in [3.8, 4) is 0 Å². The Morgan fingerprint density at radius 1 is 1.40 bits per heavy atom. The Hall–Kier alpha value is -0.250. The van der Waals surface area contributed by atoms with Crippen LogP contribution in [0.15, 0.2) is 22.7 Å². The molecule has 1 aromatic rings. The zero-order chi connectivity index (χ0) is 20.5. The first-order chi connectivity index (χ1) is 11.4. The van der Waals surface area contributed by atoms with Gasteiger partial charge in [-0.15, -0.1) is 0 Å². The molecular formula is C11H14BrClN2. The molecule has 1 heterocycles. The average Bonchev–Trinajstić information content (AvgIpc) is 2.38. The maximum atomic E-state index is 8.15. The number of halogens is 2. The summed E-state index contributed by atoms with van der Waals surface area (Å²) in [5.41, 5.74) is -0.244. The number of anilines is 1. The Kier molecular flexibility index (Phi) is 1.23. The lowest BCUT2D eigenvalue weighted by molar-refractivity contribution is 0.313. The van der Waals surface area contributed by atoms with Crippen LogP contribution in [0.25, 0.3) is 0 Å². The van der Waals surface area contributed by atoms with Gasteiger partial charge < -0.3 is 9.80 Å². The van der Waals surface area contributed by atoms with Gasteiger partial charge in [0, 0.05) is 45.7 Å². The van der Waals surface area contributed by atoms with E-state index in [0.29, 0.717) is 4.47 Å². The fraction of sp³-hybridized carbons (Fsp3) is 0.455. The highest BCUT2D eigenvalue weighted by atomic mass is 79.9. The van der Waals surface area contributed by atoms with Gasteiger partial charge in [-0.1, -0.05) is 11.6 Å². The highest BCUT2D eigenvalue weighted by Gasteiger charge is 2.14. The predicted octanol–water partition coefficient (Wildman–Crippen LogP) is 2.85. The van der Waals surface area contributed by atoms with Crippen molar-refractivity contribution >= 4 is 33.2 Å². The van der Waals surface area contributed by atoms with E-state index in [1.807, 2.05) is 0 Å². The summed E-state index contributed by atoms with van der Waals surface area (Å²) in [7, 11) is 0. The summed E-state index contributed by atoms with van der Waals surface area (Å²) in [5, 5.41) is 0.0634. The molecular weight excluding hydrogens is 275 g/mol. The molecule has 0 aromatic heterocycles. The molecule has 1 aromatic carbocycles. The number of benzene rings is 1. The molecule has 0 unspecified atom stereocenters. The predicted molar refractivity (Wildman–Crippen MR) is 68.9 cm³/mol. The topological polar surface area (TPSA) is 6.48 Å². The van der Waals surface area contributed by atoms with Crippen LogP contribution in [0.1, 0.15) is 15.1 Å². The maximum absolute atomic E-state index is 8.15. The molecule has 0 N–H and O–H groups in total. The number of likely N-dealkylation sites (N-methyl/N-ethyl adjacent to an activating group) is 1. The van der Waals surface area contributed by atoms with E-state index in [1.54, 1.807) is 0 Å². The minimum Gasteiger partial charge on any atom is -0.369 e. The highest BCUT2D eigenvalue weighted by Crippen LogP contribution is 2.27. The fourth-order valence-electron chi connectivity index (χ4n) is 1.01. The van der Waals surface area contributed by atoms with Crippen LogP contribution in [0.2, 0.25) is 5.02 Å². The number of rotatable bonds is 1. The Morgan fingerprint density at radius 2 is 2.13 bits per heavy atom. The molecule has 82 valence electrons. The van der Waals surface area contributed by atoms with Gasteiger partial charge in [-0.25, -0.2) is 0 Å². The van der Waals surface area contributed by atoms with Crippen LogP contribution < -0.4 is 4.90 Å². The van der Waals surface area contributed by atoms with Crippen LogP contribution in [0.5, 0.6) is 0 Å². The van der Waals surface area contributed by atoms with Crippen molar-refractivity contribution < 1.29 is 15.1 Å². The van der Waals surface area contributed by atoms with Crippen LogP contribution >= 0.6 is 27.5 Å². The molecule has 0 bridgehead atoms. The van der Waals surface area contributed by atoms with Crippen LogP contribution in [-0.4, -0.2) is 37.9 Å². The third-order valence-electron chi connectivity index (χ3n) is 1.71. The number of piperazine rings is 1. The van der Waals surface area contributed by atoms with Gasteiger partial charge in [0.05, 0.1) is 10.5 Å². The largest absolute Gasteiger partial charge is 0.369 e. The van der Waals surface area contributed by atoms with E-state index < -0.39 is 33.0 Å². The second kappa shape index (κ2) is 4.73. The lowest BCUT2D eigenvalue weighted by Crippen LogP contribution is -2.44. The quantitative estimate of drug-likeness (QED) is 0.787. The van der Waals surface area contributed by atoms with Crippen molar-refractivity contribution in [2.45, 2.75) is 0 Å². The zero-order valence-corrected chi connectivity index (χ0v) is 9.72. The van der Waals surface area contributed by atoms with Gasteiger partial charge in [0.25, 0.3) is 0 Å². The van der Waals surface area contributed by atoms with E-state index in [0.717, 1.165) is 6.07 Å². The molecule has 1 aliphatic heterocycles. The molecule has 2 rings (SSSR count). The summed E-state index contributed by atoms with van der Waals surface area (Å²) < 4.78 is 87.4. The molecule has 0 amide bonds. The molecule has 1 saturated heterocycles. The lowest BCUT2D eigenvalue weighted by atomic mass is 10.2. The van der Waals surface area contributed by atoms with E-state index in [9.17, 15) is 0 Å². The Bertz CT molecular complexity index is 693. The van der Waals surface area contributed by atoms with Crippen molar-refractivity contribution in [1.29, 1.82) is 0 Å². The second-order valence-electron chi connectivity index (χ2n) is 2.72. The first-order valence-corrected chi connectivity index (χ1v) is 5.13. The summed E-state index contributed by atoms with van der Waals surface area (Å²) in [6, 6.07) is 3.73. The molecule has 0 atom stereocenters. The number of nitrogens with zero attached hydrogens (tertiary/aromatic N) is 2. The summed E-state index contributed by atoms with van der Waals surface area (Å²) in [5.74, 6) is 0. The average molecular weight is 301 g/mol. The Labute approximate surface area is 119 Å². The highest BCUT2D eigenvalue weighted by molar-refractivity contribution is 9.10. The van der Waals surface area contributed by atoms with Gasteiger partial charge in [-0.2, -0.15) is 0 Å². The van der Waals surface area contributed by atoms with Crippen molar-refractivity contribution in [2.75, 3.05) is 37.9 Å². The standard InChI is InChI=1S/C11H14BrClN2/c1-14-4-6-15(7-5-14)9-2-3-10(12)11(13)8-9/h2-3,8H,4-7H2,1H3/i1D3,4D2,5D2,6D2,7D2. The minimum atomic E-state index is -3.43. The summed E-state index contributed by atoms with van der Waals surface area (Å²) >= 11 is 9.08. The fourth-order valence-corrected chi connectivity index (χ4v) is 1.43. The maximum Gasteiger partial charge on any atom is 0.0568 e. The van der Waals surface area contributed by atoms with E-state index in [1.165, 1.54) is 12.1 Å². The van der Waals surface area contributed by atoms with Crippen molar-refractivity contribution in [3.05, 3.63) is 27.7 Å². The minimum absolute atomic E-state index is 0.0634. The van der Waals surface area contributed by atoms with Gasteiger partial charge in [0.1, 0.15) is 0 Å². The van der Waals surface area contributed by atoms with Crippen molar-refractivity contribution in [3.63, 3.8) is 0 Å². The number of hydrogen-bond acceptors (Lipinski definition) is 2. The number of hydrogen-bond donors (Lipinski definition) is 0. The van der Waals surface area contributed by atoms with Gasteiger partial charge >= 0.3 is 0 Å². The van der Waals surface area contributed by atoms with Crippen LogP contribution in [0.3, 0.4) is 0 Å². The third kappa shape index (κ3) is 2.65. The monoisotopic (exact) mass is 299 g/mol. The molecule has 4 heteroatoms. The molecule has 0 spiro atoms. The lowest BCUT2D eigenvalue weighted by Gasteiger charge is -2.34. The SMILES string of the molecule is [2H]C([2H])([2H])N1C([2H])([2H])C([2H])([2H])N(c2ccc(Br)c(Cl)c2)C([2H])([2H])C1([2H])[2H]. The Balaban J connectivity index is 2.80. The Morgan fingerprint density at radius 3 is 2.73 bits per heavy atom. The third-order valence-corrected chi connectivity index (χ3v) is 2.94. The normalized spacial score (nSPS) is 43.3. The van der Waals surface area contributed by atoms with Gasteiger partial charge in [-0.3, -0.25) is 0 Å². The molecule has 15 heavy (non-hydrogen) atoms. The molecule has 2 nitrogen and oxygen atoms in total. The first-order valence-electron chi connectivity index (χ1n) is 9.46. The van der Waals surface area contributed by atoms with Gasteiger partial charge in [0.2, 0.25) is 0 Å². The van der Waals surface area contributed by atoms with Crippen molar-refractivity contribution in [2.24, 2.45) is 0 Å². The smallest absolute Gasteiger partial charge is 0.0568 e. The summed E-state index contributed by atoms with van der Waals surface area (Å²) in [6.45, 7) is -16.8. The molecule has 1 aliphatic rings. The van der Waals surface area contributed by atoms with Crippen LogP contribution in [0.4, 0.5) is 5.69 Å². The van der Waals surface area contributed by atoms with E-state index in [-0.39, 0.29) is 20.5 Å². The summed E-state index contributed by atoms with van der Waals surface area (Å²) in [6.07, 6.45) is 0. The molecule has 0 saturated carbocycles.